The predicted molar refractivity (Wildman–Crippen MR) is 129 cm³/mol. The van der Waals surface area contributed by atoms with Crippen molar-refractivity contribution in [1.29, 1.82) is 0 Å². The molecule has 166 valence electrons. The van der Waals surface area contributed by atoms with Gasteiger partial charge in [-0.05, 0) is 48.2 Å². The Bertz CT molecular complexity index is 679. The SMILES string of the molecule is CCCCCC(c1ccc(NCCOC)cc1)c1ccc(N(CCC)CCO)cc1. The first kappa shape index (κ1) is 24.2. The Kier molecular flexibility index (Phi) is 11.3. The summed E-state index contributed by atoms with van der Waals surface area (Å²) in [6.07, 6.45) is 5.99. The molecule has 4 heteroatoms. The fourth-order valence-corrected chi connectivity index (χ4v) is 3.93. The minimum absolute atomic E-state index is 0.187. The van der Waals surface area contributed by atoms with Crippen LogP contribution in [0.4, 0.5) is 11.4 Å². The fraction of sp³-hybridized carbons (Fsp3) is 0.538. The minimum Gasteiger partial charge on any atom is -0.395 e. The van der Waals surface area contributed by atoms with E-state index in [2.05, 4.69) is 72.6 Å². The van der Waals surface area contributed by atoms with Gasteiger partial charge in [0.15, 0.2) is 0 Å². The standard InChI is InChI=1S/C26H40N2O2/c1-4-6-7-8-26(22-9-13-24(14-10-22)27-17-21-30-3)23-11-15-25(16-12-23)28(18-5-2)19-20-29/h9-16,26-27,29H,4-8,17-21H2,1-3H3. The lowest BCUT2D eigenvalue weighted by molar-refractivity contribution is 0.211. The van der Waals surface area contributed by atoms with Crippen molar-refractivity contribution in [3.63, 3.8) is 0 Å². The molecule has 2 rings (SSSR count). The van der Waals surface area contributed by atoms with E-state index in [9.17, 15) is 5.11 Å². The van der Waals surface area contributed by atoms with E-state index in [0.29, 0.717) is 19.1 Å². The molecule has 0 aromatic heterocycles. The average Bonchev–Trinajstić information content (AvgIpc) is 2.78. The maximum absolute atomic E-state index is 9.37. The van der Waals surface area contributed by atoms with Gasteiger partial charge in [0, 0.05) is 44.0 Å². The largest absolute Gasteiger partial charge is 0.395 e. The summed E-state index contributed by atoms with van der Waals surface area (Å²) in [7, 11) is 1.72. The van der Waals surface area contributed by atoms with Gasteiger partial charge in [0.25, 0.3) is 0 Å². The van der Waals surface area contributed by atoms with Crippen molar-refractivity contribution in [2.45, 2.75) is 51.9 Å². The van der Waals surface area contributed by atoms with E-state index in [-0.39, 0.29) is 6.61 Å². The molecule has 0 aliphatic heterocycles. The van der Waals surface area contributed by atoms with Gasteiger partial charge in [-0.1, -0.05) is 57.4 Å². The van der Waals surface area contributed by atoms with Crippen LogP contribution >= 0.6 is 0 Å². The number of unbranched alkanes of at least 4 members (excludes halogenated alkanes) is 2. The van der Waals surface area contributed by atoms with Crippen molar-refractivity contribution in [3.05, 3.63) is 59.7 Å². The molecule has 0 saturated carbocycles. The van der Waals surface area contributed by atoms with E-state index in [1.165, 1.54) is 42.5 Å². The summed E-state index contributed by atoms with van der Waals surface area (Å²) < 4.78 is 5.12. The van der Waals surface area contributed by atoms with Gasteiger partial charge in [0.05, 0.1) is 13.2 Å². The van der Waals surface area contributed by atoms with Gasteiger partial charge in [0.2, 0.25) is 0 Å². The van der Waals surface area contributed by atoms with Crippen molar-refractivity contribution in [3.8, 4) is 0 Å². The molecule has 0 spiro atoms. The van der Waals surface area contributed by atoms with Crippen molar-refractivity contribution in [2.24, 2.45) is 0 Å². The zero-order valence-electron chi connectivity index (χ0n) is 19.1. The van der Waals surface area contributed by atoms with Gasteiger partial charge >= 0.3 is 0 Å². The lowest BCUT2D eigenvalue weighted by Gasteiger charge is -2.25. The molecule has 2 aromatic rings. The summed E-state index contributed by atoms with van der Waals surface area (Å²) in [5, 5.41) is 12.8. The molecule has 0 amide bonds. The van der Waals surface area contributed by atoms with Gasteiger partial charge in [-0.15, -0.1) is 0 Å². The highest BCUT2D eigenvalue weighted by atomic mass is 16.5. The highest BCUT2D eigenvalue weighted by Gasteiger charge is 2.15. The number of nitrogens with zero attached hydrogens (tertiary/aromatic N) is 1. The third-order valence-electron chi connectivity index (χ3n) is 5.57. The molecule has 2 N–H and O–H groups in total. The molecule has 1 unspecified atom stereocenters. The maximum atomic E-state index is 9.37. The molecule has 0 fully saturated rings. The van der Waals surface area contributed by atoms with E-state index >= 15 is 0 Å². The zero-order chi connectivity index (χ0) is 21.6. The third kappa shape index (κ3) is 7.66. The number of benzene rings is 2. The molecule has 2 aromatic carbocycles. The summed E-state index contributed by atoms with van der Waals surface area (Å²) in [4.78, 5) is 2.26. The van der Waals surface area contributed by atoms with Crippen LogP contribution < -0.4 is 10.2 Å². The van der Waals surface area contributed by atoms with Crippen LogP contribution in [0.25, 0.3) is 0 Å². The van der Waals surface area contributed by atoms with Gasteiger partial charge < -0.3 is 20.1 Å². The Morgan fingerprint density at radius 3 is 2.13 bits per heavy atom. The Balaban J connectivity index is 2.17. The second-order valence-electron chi connectivity index (χ2n) is 7.89. The Morgan fingerprint density at radius 1 is 0.900 bits per heavy atom. The number of hydrogen-bond donors (Lipinski definition) is 2. The first-order chi connectivity index (χ1) is 14.7. The molecule has 4 nitrogen and oxygen atoms in total. The van der Waals surface area contributed by atoms with Crippen molar-refractivity contribution >= 4 is 11.4 Å². The highest BCUT2D eigenvalue weighted by molar-refractivity contribution is 5.50. The average molecular weight is 413 g/mol. The fourth-order valence-electron chi connectivity index (χ4n) is 3.93. The molecule has 0 bridgehead atoms. The number of hydrogen-bond acceptors (Lipinski definition) is 4. The summed E-state index contributed by atoms with van der Waals surface area (Å²) in [6.45, 7) is 7.80. The number of aliphatic hydroxyl groups excluding tert-OH is 1. The van der Waals surface area contributed by atoms with Crippen molar-refractivity contribution in [2.75, 3.05) is 50.2 Å². The predicted octanol–water partition coefficient (Wildman–Crippen LogP) is 5.67. The molecule has 30 heavy (non-hydrogen) atoms. The molecular formula is C26H40N2O2. The number of rotatable bonds is 15. The van der Waals surface area contributed by atoms with Crippen molar-refractivity contribution in [1.82, 2.24) is 0 Å². The monoisotopic (exact) mass is 412 g/mol. The van der Waals surface area contributed by atoms with Crippen LogP contribution in [0.3, 0.4) is 0 Å². The van der Waals surface area contributed by atoms with Gasteiger partial charge in [-0.25, -0.2) is 0 Å². The molecule has 0 aliphatic rings. The Labute approximate surface area is 183 Å². The Morgan fingerprint density at radius 2 is 1.57 bits per heavy atom. The number of methoxy groups -OCH3 is 1. The summed E-state index contributed by atoms with van der Waals surface area (Å²) in [5.41, 5.74) is 5.07. The molecule has 0 saturated heterocycles. The number of anilines is 2. The summed E-state index contributed by atoms with van der Waals surface area (Å²) in [5.74, 6) is 0.413. The molecular weight excluding hydrogens is 372 g/mol. The zero-order valence-corrected chi connectivity index (χ0v) is 19.1. The first-order valence-corrected chi connectivity index (χ1v) is 11.5. The second kappa shape index (κ2) is 14.1. The number of ether oxygens (including phenoxy) is 1. The van der Waals surface area contributed by atoms with Crippen LogP contribution in [-0.4, -0.2) is 45.1 Å². The smallest absolute Gasteiger partial charge is 0.0635 e. The molecule has 0 radical (unpaired) electrons. The Hall–Kier alpha value is -2.04. The lowest BCUT2D eigenvalue weighted by atomic mass is 9.86. The summed E-state index contributed by atoms with van der Waals surface area (Å²) in [6, 6.07) is 17.9. The van der Waals surface area contributed by atoms with Crippen LogP contribution in [0.15, 0.2) is 48.5 Å². The first-order valence-electron chi connectivity index (χ1n) is 11.5. The van der Waals surface area contributed by atoms with E-state index in [0.717, 1.165) is 25.2 Å². The topological polar surface area (TPSA) is 44.7 Å². The van der Waals surface area contributed by atoms with E-state index < -0.39 is 0 Å². The van der Waals surface area contributed by atoms with Gasteiger partial charge in [-0.3, -0.25) is 0 Å². The summed E-state index contributed by atoms with van der Waals surface area (Å²) >= 11 is 0. The van der Waals surface area contributed by atoms with E-state index in [1.54, 1.807) is 7.11 Å². The highest BCUT2D eigenvalue weighted by Crippen LogP contribution is 2.32. The third-order valence-corrected chi connectivity index (χ3v) is 5.57. The van der Waals surface area contributed by atoms with Crippen LogP contribution in [-0.2, 0) is 4.74 Å². The quantitative estimate of drug-likeness (QED) is 0.370. The molecule has 0 heterocycles. The van der Waals surface area contributed by atoms with Gasteiger partial charge in [-0.2, -0.15) is 0 Å². The van der Waals surface area contributed by atoms with Crippen LogP contribution in [0, 0.1) is 0 Å². The van der Waals surface area contributed by atoms with Crippen LogP contribution in [0.2, 0.25) is 0 Å². The second-order valence-corrected chi connectivity index (χ2v) is 7.89. The van der Waals surface area contributed by atoms with E-state index in [1.807, 2.05) is 0 Å². The lowest BCUT2D eigenvalue weighted by Crippen LogP contribution is -2.27. The number of nitrogens with one attached hydrogen (secondary N) is 1. The molecule has 1 atom stereocenters. The normalized spacial score (nSPS) is 12.0. The van der Waals surface area contributed by atoms with Gasteiger partial charge in [0.1, 0.15) is 0 Å². The maximum Gasteiger partial charge on any atom is 0.0635 e. The van der Waals surface area contributed by atoms with Crippen molar-refractivity contribution < 1.29 is 9.84 Å². The minimum atomic E-state index is 0.187. The van der Waals surface area contributed by atoms with Crippen LogP contribution in [0.5, 0.6) is 0 Å². The molecule has 0 aliphatic carbocycles. The number of aliphatic hydroxyl groups is 1. The van der Waals surface area contributed by atoms with Crippen LogP contribution in [0.1, 0.15) is 63.0 Å². The van der Waals surface area contributed by atoms with E-state index in [4.69, 9.17) is 4.74 Å².